The van der Waals surface area contributed by atoms with Crippen molar-refractivity contribution in [2.45, 2.75) is 56.6 Å². The highest BCUT2D eigenvalue weighted by Crippen LogP contribution is 2.33. The van der Waals surface area contributed by atoms with E-state index in [1.165, 1.54) is 5.69 Å². The average Bonchev–Trinajstić information content (AvgIpc) is 2.95. The molecule has 2 saturated heterocycles. The van der Waals surface area contributed by atoms with Crippen LogP contribution in [0.3, 0.4) is 0 Å². The van der Waals surface area contributed by atoms with E-state index in [1.54, 1.807) is 12.4 Å². The first kappa shape index (κ1) is 23.4. The first-order valence-electron chi connectivity index (χ1n) is 13.4. The lowest BCUT2D eigenvalue weighted by atomic mass is 9.93. The standard InChI is InChI=1S/C27H35N7O2/c1-3-22(4-2-20(1)32-27-31-10-7-23(33-27)19-5-8-28-9-6-19)36-25-18-21(34-13-15-35-16-14-34)17-24-26(25)30-12-11-29-24/h7,10-12,17-20,22,28H,1-6,8-9,13-16H2,(H,31,32,33). The van der Waals surface area contributed by atoms with Crippen molar-refractivity contribution in [3.8, 4) is 5.75 Å². The lowest BCUT2D eigenvalue weighted by molar-refractivity contribution is 0.122. The summed E-state index contributed by atoms with van der Waals surface area (Å²) in [5.74, 6) is 2.12. The summed E-state index contributed by atoms with van der Waals surface area (Å²) in [5.41, 5.74) is 4.00. The summed E-state index contributed by atoms with van der Waals surface area (Å²) in [4.78, 5) is 20.8. The second-order valence-corrected chi connectivity index (χ2v) is 10.0. The molecule has 0 amide bonds. The van der Waals surface area contributed by atoms with Crippen molar-refractivity contribution < 1.29 is 9.47 Å². The van der Waals surface area contributed by atoms with Gasteiger partial charge in [-0.15, -0.1) is 0 Å². The van der Waals surface area contributed by atoms with Crippen LogP contribution in [0.5, 0.6) is 5.75 Å². The Morgan fingerprint density at radius 3 is 2.56 bits per heavy atom. The predicted molar refractivity (Wildman–Crippen MR) is 140 cm³/mol. The molecule has 2 aliphatic heterocycles. The molecule has 3 fully saturated rings. The lowest BCUT2D eigenvalue weighted by Gasteiger charge is -2.31. The maximum atomic E-state index is 6.57. The van der Waals surface area contributed by atoms with Crippen LogP contribution in [0, 0.1) is 0 Å². The second kappa shape index (κ2) is 10.9. The molecule has 1 saturated carbocycles. The molecule has 9 heteroatoms. The number of aromatic nitrogens is 4. The van der Waals surface area contributed by atoms with Gasteiger partial charge in [0, 0.05) is 61.1 Å². The smallest absolute Gasteiger partial charge is 0.223 e. The second-order valence-electron chi connectivity index (χ2n) is 10.0. The minimum atomic E-state index is 0.162. The van der Waals surface area contributed by atoms with E-state index in [4.69, 9.17) is 14.5 Å². The largest absolute Gasteiger partial charge is 0.488 e. The molecule has 36 heavy (non-hydrogen) atoms. The van der Waals surface area contributed by atoms with Gasteiger partial charge in [-0.1, -0.05) is 0 Å². The molecule has 2 N–H and O–H groups in total. The number of piperidine rings is 1. The maximum Gasteiger partial charge on any atom is 0.223 e. The van der Waals surface area contributed by atoms with Crippen LogP contribution in [0.2, 0.25) is 0 Å². The van der Waals surface area contributed by atoms with E-state index < -0.39 is 0 Å². The van der Waals surface area contributed by atoms with Crippen molar-refractivity contribution >= 4 is 22.7 Å². The Labute approximate surface area is 212 Å². The van der Waals surface area contributed by atoms with E-state index in [1.807, 2.05) is 6.20 Å². The van der Waals surface area contributed by atoms with Gasteiger partial charge < -0.3 is 25.0 Å². The summed E-state index contributed by atoms with van der Waals surface area (Å²) in [6.45, 7) is 5.38. The molecule has 2 aromatic heterocycles. The minimum absolute atomic E-state index is 0.162. The number of nitrogens with one attached hydrogen (secondary N) is 2. The van der Waals surface area contributed by atoms with Gasteiger partial charge in [0.25, 0.3) is 0 Å². The van der Waals surface area contributed by atoms with Gasteiger partial charge in [0.2, 0.25) is 5.95 Å². The van der Waals surface area contributed by atoms with Crippen LogP contribution in [0.1, 0.15) is 50.1 Å². The Kier molecular flexibility index (Phi) is 7.09. The van der Waals surface area contributed by atoms with Crippen LogP contribution in [-0.4, -0.2) is 71.5 Å². The summed E-state index contributed by atoms with van der Waals surface area (Å²) in [5, 5.41) is 7.02. The molecular weight excluding hydrogens is 454 g/mol. The fourth-order valence-electron chi connectivity index (χ4n) is 5.60. The number of ether oxygens (including phenoxy) is 2. The van der Waals surface area contributed by atoms with E-state index in [9.17, 15) is 0 Å². The normalized spacial score (nSPS) is 23.5. The molecule has 0 spiro atoms. The SMILES string of the molecule is c1cc(C2CCNCC2)nc(NC2CCC(Oc3cc(N4CCOCC4)cc4nccnc34)CC2)n1. The Bertz CT molecular complexity index is 1160. The molecule has 9 nitrogen and oxygen atoms in total. The van der Waals surface area contributed by atoms with Gasteiger partial charge in [-0.3, -0.25) is 4.98 Å². The van der Waals surface area contributed by atoms with E-state index in [2.05, 4.69) is 48.7 Å². The van der Waals surface area contributed by atoms with Gasteiger partial charge in [0.1, 0.15) is 11.3 Å². The molecule has 3 aliphatic rings. The monoisotopic (exact) mass is 489 g/mol. The van der Waals surface area contributed by atoms with Gasteiger partial charge in [-0.25, -0.2) is 15.0 Å². The fraction of sp³-hybridized carbons (Fsp3) is 0.556. The van der Waals surface area contributed by atoms with Crippen LogP contribution >= 0.6 is 0 Å². The van der Waals surface area contributed by atoms with Gasteiger partial charge in [-0.05, 0) is 63.7 Å². The van der Waals surface area contributed by atoms with Crippen LogP contribution in [0.4, 0.5) is 11.6 Å². The van der Waals surface area contributed by atoms with Crippen molar-refractivity contribution in [1.82, 2.24) is 25.3 Å². The van der Waals surface area contributed by atoms with Gasteiger partial charge in [-0.2, -0.15) is 0 Å². The topological polar surface area (TPSA) is 97.3 Å². The average molecular weight is 490 g/mol. The third-order valence-electron chi connectivity index (χ3n) is 7.64. The molecule has 0 radical (unpaired) electrons. The van der Waals surface area contributed by atoms with E-state index in [0.717, 1.165) is 106 Å². The molecule has 0 bridgehead atoms. The summed E-state index contributed by atoms with van der Waals surface area (Å²) >= 11 is 0. The van der Waals surface area contributed by atoms with E-state index >= 15 is 0 Å². The molecule has 6 rings (SSSR count). The summed E-state index contributed by atoms with van der Waals surface area (Å²) < 4.78 is 12.1. The quantitative estimate of drug-likeness (QED) is 0.539. The zero-order valence-corrected chi connectivity index (χ0v) is 20.7. The number of anilines is 2. The molecule has 0 atom stereocenters. The van der Waals surface area contributed by atoms with Crippen LogP contribution in [-0.2, 0) is 4.74 Å². The summed E-state index contributed by atoms with van der Waals surface area (Å²) in [7, 11) is 0. The summed E-state index contributed by atoms with van der Waals surface area (Å²) in [6.07, 6.45) is 11.8. The number of hydrogen-bond acceptors (Lipinski definition) is 9. The highest BCUT2D eigenvalue weighted by atomic mass is 16.5. The van der Waals surface area contributed by atoms with Crippen molar-refractivity contribution in [1.29, 1.82) is 0 Å². The van der Waals surface area contributed by atoms with Crippen molar-refractivity contribution in [3.63, 3.8) is 0 Å². The van der Waals surface area contributed by atoms with Gasteiger partial charge in [0.15, 0.2) is 0 Å². The van der Waals surface area contributed by atoms with Crippen molar-refractivity contribution in [3.05, 3.63) is 42.5 Å². The Hall–Kier alpha value is -3.04. The number of benzene rings is 1. The maximum absolute atomic E-state index is 6.57. The lowest BCUT2D eigenvalue weighted by Crippen LogP contribution is -2.36. The number of rotatable bonds is 6. The molecule has 4 heterocycles. The fourth-order valence-corrected chi connectivity index (χ4v) is 5.60. The minimum Gasteiger partial charge on any atom is -0.488 e. The highest BCUT2D eigenvalue weighted by molar-refractivity contribution is 5.85. The molecule has 190 valence electrons. The van der Waals surface area contributed by atoms with Crippen LogP contribution in [0.25, 0.3) is 11.0 Å². The van der Waals surface area contributed by atoms with Gasteiger partial charge in [0.05, 0.1) is 24.8 Å². The van der Waals surface area contributed by atoms with E-state index in [-0.39, 0.29) is 6.10 Å². The Balaban J connectivity index is 1.10. The van der Waals surface area contributed by atoms with Crippen molar-refractivity contribution in [2.24, 2.45) is 0 Å². The zero-order chi connectivity index (χ0) is 24.2. The zero-order valence-electron chi connectivity index (χ0n) is 20.7. The third kappa shape index (κ3) is 5.37. The van der Waals surface area contributed by atoms with E-state index in [0.29, 0.717) is 12.0 Å². The van der Waals surface area contributed by atoms with Crippen LogP contribution < -0.4 is 20.3 Å². The third-order valence-corrected chi connectivity index (χ3v) is 7.64. The molecule has 1 aliphatic carbocycles. The van der Waals surface area contributed by atoms with Crippen molar-refractivity contribution in [2.75, 3.05) is 49.6 Å². The number of hydrogen-bond donors (Lipinski definition) is 2. The summed E-state index contributed by atoms with van der Waals surface area (Å²) in [6, 6.07) is 6.68. The predicted octanol–water partition coefficient (Wildman–Crippen LogP) is 3.53. The first-order chi connectivity index (χ1) is 17.8. The first-order valence-corrected chi connectivity index (χ1v) is 13.4. The number of nitrogens with zero attached hydrogens (tertiary/aromatic N) is 5. The number of morpholine rings is 1. The molecule has 0 unspecified atom stereocenters. The Morgan fingerprint density at radius 2 is 1.72 bits per heavy atom. The molecule has 1 aromatic carbocycles. The molecule has 3 aromatic rings. The van der Waals surface area contributed by atoms with Gasteiger partial charge >= 0.3 is 0 Å². The highest BCUT2D eigenvalue weighted by Gasteiger charge is 2.25. The Morgan fingerprint density at radius 1 is 0.917 bits per heavy atom. The number of fused-ring (bicyclic) bond motifs is 1. The molecular formula is C27H35N7O2. The van der Waals surface area contributed by atoms with Crippen LogP contribution in [0.15, 0.2) is 36.8 Å².